The maximum Gasteiger partial charge on any atom is 0.447 e. The number of carbonyl (C=O) groups is 2. The van der Waals surface area contributed by atoms with Crippen molar-refractivity contribution < 1.29 is 35.9 Å². The second-order valence-electron chi connectivity index (χ2n) is 6.25. The number of hydrogen-bond acceptors (Lipinski definition) is 8. The molecule has 0 atom stereocenters. The number of sulfonamides is 1. The molecule has 0 aromatic carbocycles. The van der Waals surface area contributed by atoms with Crippen LogP contribution in [0.1, 0.15) is 20.7 Å². The molecule has 0 bridgehead atoms. The van der Waals surface area contributed by atoms with Crippen molar-refractivity contribution in [1.82, 2.24) is 14.2 Å². The van der Waals surface area contributed by atoms with Gasteiger partial charge in [-0.15, -0.1) is 11.3 Å². The Bertz CT molecular complexity index is 1080. The van der Waals surface area contributed by atoms with Gasteiger partial charge in [0.15, 0.2) is 0 Å². The predicted molar refractivity (Wildman–Crippen MR) is 106 cm³/mol. The number of rotatable bonds is 5. The Morgan fingerprint density at radius 2 is 1.90 bits per heavy atom. The SMILES string of the molecule is COC(=O)c1csc(S(=O)(=O)N2CCN(C(=O)c3cccnc3SC(F)(F)F)CC2)c1. The van der Waals surface area contributed by atoms with Gasteiger partial charge >= 0.3 is 11.5 Å². The molecule has 14 heteroatoms. The molecule has 0 spiro atoms. The van der Waals surface area contributed by atoms with Crippen LogP contribution < -0.4 is 0 Å². The van der Waals surface area contributed by atoms with Gasteiger partial charge < -0.3 is 9.64 Å². The molecule has 0 N–H and O–H groups in total. The molecule has 168 valence electrons. The number of thioether (sulfide) groups is 1. The number of halogens is 3. The van der Waals surface area contributed by atoms with Crippen molar-refractivity contribution >= 4 is 45.0 Å². The van der Waals surface area contributed by atoms with Crippen molar-refractivity contribution in [3.63, 3.8) is 0 Å². The highest BCUT2D eigenvalue weighted by Crippen LogP contribution is 2.37. The summed E-state index contributed by atoms with van der Waals surface area (Å²) in [6, 6.07) is 3.84. The minimum atomic E-state index is -4.60. The second-order valence-corrected chi connectivity index (χ2v) is 10.4. The van der Waals surface area contributed by atoms with Crippen LogP contribution in [0.5, 0.6) is 0 Å². The first-order chi connectivity index (χ1) is 14.5. The second kappa shape index (κ2) is 9.14. The van der Waals surface area contributed by atoms with E-state index < -0.39 is 44.2 Å². The third kappa shape index (κ3) is 5.37. The molecule has 1 aliphatic heterocycles. The molecule has 2 aromatic heterocycles. The molecule has 0 saturated carbocycles. The number of ether oxygens (including phenoxy) is 1. The summed E-state index contributed by atoms with van der Waals surface area (Å²) in [6.07, 6.45) is 1.17. The van der Waals surface area contributed by atoms with E-state index in [4.69, 9.17) is 0 Å². The molecule has 1 fully saturated rings. The smallest absolute Gasteiger partial charge is 0.447 e. The predicted octanol–water partition coefficient (Wildman–Crippen LogP) is 2.69. The zero-order valence-electron chi connectivity index (χ0n) is 16.0. The van der Waals surface area contributed by atoms with Gasteiger partial charge in [-0.2, -0.15) is 17.5 Å². The minimum absolute atomic E-state index is 0.00167. The summed E-state index contributed by atoms with van der Waals surface area (Å²) >= 11 is 0.403. The molecule has 8 nitrogen and oxygen atoms in total. The Morgan fingerprint density at radius 3 is 2.52 bits per heavy atom. The Morgan fingerprint density at radius 1 is 1.23 bits per heavy atom. The lowest BCUT2D eigenvalue weighted by Crippen LogP contribution is -2.50. The van der Waals surface area contributed by atoms with Crippen LogP contribution in [-0.2, 0) is 14.8 Å². The molecule has 3 rings (SSSR count). The number of hydrogen-bond donors (Lipinski definition) is 0. The van der Waals surface area contributed by atoms with Crippen LogP contribution in [0.3, 0.4) is 0 Å². The van der Waals surface area contributed by atoms with E-state index in [1.54, 1.807) is 0 Å². The van der Waals surface area contributed by atoms with Crippen LogP contribution in [0.2, 0.25) is 0 Å². The Hall–Kier alpha value is -2.16. The van der Waals surface area contributed by atoms with Crippen LogP contribution in [-0.4, -0.2) is 73.3 Å². The van der Waals surface area contributed by atoms with Crippen molar-refractivity contribution in [2.24, 2.45) is 0 Å². The van der Waals surface area contributed by atoms with E-state index in [-0.39, 0.29) is 41.5 Å². The lowest BCUT2D eigenvalue weighted by Gasteiger charge is -2.34. The van der Waals surface area contributed by atoms with Gasteiger partial charge in [-0.05, 0) is 18.2 Å². The number of piperazine rings is 1. The number of esters is 1. The van der Waals surface area contributed by atoms with E-state index in [2.05, 4.69) is 9.72 Å². The van der Waals surface area contributed by atoms with Crippen molar-refractivity contribution in [3.05, 3.63) is 40.9 Å². The Balaban J connectivity index is 1.70. The van der Waals surface area contributed by atoms with Gasteiger partial charge in [0.2, 0.25) is 0 Å². The molecule has 1 saturated heterocycles. The molecular weight excluding hydrogens is 479 g/mol. The highest BCUT2D eigenvalue weighted by atomic mass is 32.2. The van der Waals surface area contributed by atoms with E-state index >= 15 is 0 Å². The van der Waals surface area contributed by atoms with Crippen LogP contribution in [0.15, 0.2) is 39.0 Å². The Kier molecular flexibility index (Phi) is 6.93. The van der Waals surface area contributed by atoms with Crippen molar-refractivity contribution in [3.8, 4) is 0 Å². The van der Waals surface area contributed by atoms with Crippen molar-refractivity contribution in [2.75, 3.05) is 33.3 Å². The molecule has 3 heterocycles. The van der Waals surface area contributed by atoms with Gasteiger partial charge in [-0.1, -0.05) is 0 Å². The average molecular weight is 496 g/mol. The summed E-state index contributed by atoms with van der Waals surface area (Å²) in [4.78, 5) is 29.2. The minimum Gasteiger partial charge on any atom is -0.465 e. The summed E-state index contributed by atoms with van der Waals surface area (Å²) < 4.78 is 69.5. The van der Waals surface area contributed by atoms with Crippen molar-refractivity contribution in [2.45, 2.75) is 14.7 Å². The molecule has 1 aliphatic rings. The number of methoxy groups -OCH3 is 1. The third-order valence-corrected chi connectivity index (χ3v) is 8.39. The van der Waals surface area contributed by atoms with E-state index in [0.717, 1.165) is 15.6 Å². The standard InChI is InChI=1S/C17H16F3N3O5S3/c1-28-16(25)11-9-13(29-10-11)31(26,27)23-7-5-22(6-8-23)15(24)12-3-2-4-21-14(12)30-17(18,19)20/h2-4,9-10H,5-8H2,1H3. The molecule has 0 aliphatic carbocycles. The van der Waals surface area contributed by atoms with Crippen molar-refractivity contribution in [1.29, 1.82) is 0 Å². The maximum atomic E-state index is 12.8. The zero-order chi connectivity index (χ0) is 22.8. The number of thiophene rings is 1. The molecular formula is C17H16F3N3O5S3. The Labute approximate surface area is 184 Å². The van der Waals surface area contributed by atoms with Gasteiger partial charge in [0.05, 0.1) is 18.2 Å². The molecule has 1 amide bonds. The monoisotopic (exact) mass is 495 g/mol. The molecule has 2 aromatic rings. The maximum absolute atomic E-state index is 12.8. The number of alkyl halides is 3. The fourth-order valence-corrected chi connectivity index (χ4v) is 6.17. The quantitative estimate of drug-likeness (QED) is 0.465. The van der Waals surface area contributed by atoms with Crippen LogP contribution in [0, 0.1) is 0 Å². The first-order valence-electron chi connectivity index (χ1n) is 8.70. The van der Waals surface area contributed by atoms with Gasteiger partial charge in [0, 0.05) is 49.5 Å². The van der Waals surface area contributed by atoms with Gasteiger partial charge in [0.1, 0.15) is 9.24 Å². The average Bonchev–Trinajstić information content (AvgIpc) is 3.23. The summed E-state index contributed by atoms with van der Waals surface area (Å²) in [6.45, 7) is -0.0836. The fraction of sp³-hybridized carbons (Fsp3) is 0.353. The molecule has 0 unspecified atom stereocenters. The summed E-state index contributed by atoms with van der Waals surface area (Å²) in [7, 11) is -2.70. The van der Waals surface area contributed by atoms with Crippen LogP contribution in [0.25, 0.3) is 0 Å². The summed E-state index contributed by atoms with van der Waals surface area (Å²) in [5, 5.41) is 0.921. The number of carbonyl (C=O) groups excluding carboxylic acids is 2. The van der Waals surface area contributed by atoms with Crippen LogP contribution >= 0.6 is 23.1 Å². The lowest BCUT2D eigenvalue weighted by atomic mass is 10.2. The topological polar surface area (TPSA) is 96.9 Å². The van der Waals surface area contributed by atoms with E-state index in [1.165, 1.54) is 41.8 Å². The number of nitrogens with zero attached hydrogens (tertiary/aromatic N) is 3. The van der Waals surface area contributed by atoms with Gasteiger partial charge in [0.25, 0.3) is 15.9 Å². The molecule has 0 radical (unpaired) electrons. The largest absolute Gasteiger partial charge is 0.465 e. The van der Waals surface area contributed by atoms with E-state index in [0.29, 0.717) is 0 Å². The zero-order valence-corrected chi connectivity index (χ0v) is 18.4. The highest BCUT2D eigenvalue weighted by molar-refractivity contribution is 8.00. The number of amides is 1. The number of pyridine rings is 1. The van der Waals surface area contributed by atoms with Crippen LogP contribution in [0.4, 0.5) is 13.2 Å². The van der Waals surface area contributed by atoms with Gasteiger partial charge in [-0.3, -0.25) is 4.79 Å². The molecule has 31 heavy (non-hydrogen) atoms. The van der Waals surface area contributed by atoms with E-state index in [9.17, 15) is 31.2 Å². The number of aromatic nitrogens is 1. The summed E-state index contributed by atoms with van der Waals surface area (Å²) in [5.74, 6) is -1.31. The van der Waals surface area contributed by atoms with Gasteiger partial charge in [-0.25, -0.2) is 18.2 Å². The third-order valence-electron chi connectivity index (χ3n) is 4.33. The fourth-order valence-electron chi connectivity index (χ4n) is 2.85. The highest BCUT2D eigenvalue weighted by Gasteiger charge is 2.35. The summed E-state index contributed by atoms with van der Waals surface area (Å²) in [5.41, 5.74) is -4.67. The first-order valence-corrected chi connectivity index (χ1v) is 11.8. The van der Waals surface area contributed by atoms with E-state index in [1.807, 2.05) is 0 Å². The normalized spacial score (nSPS) is 15.7. The lowest BCUT2D eigenvalue weighted by molar-refractivity contribution is -0.0329. The first kappa shape index (κ1) is 23.5.